The molecule has 0 radical (unpaired) electrons. The normalized spacial score (nSPS) is 15.5. The Morgan fingerprint density at radius 2 is 1.91 bits per heavy atom. The SMILES string of the molecule is CCC(CC)CN(Cc1ccc(Cl)cc1Cl)C1CCc2c(sc(NC(=O)C(CC)CC)c2C#N)C1. The number of carbonyl (C=O) groups excluding carboxylic acids is 1. The van der Waals surface area contributed by atoms with Gasteiger partial charge in [-0.15, -0.1) is 11.3 Å². The van der Waals surface area contributed by atoms with Gasteiger partial charge in [-0.05, 0) is 61.3 Å². The van der Waals surface area contributed by atoms with Gasteiger partial charge in [-0.2, -0.15) is 5.26 Å². The molecular weight excluding hydrogens is 497 g/mol. The number of hydrogen-bond donors (Lipinski definition) is 1. The minimum Gasteiger partial charge on any atom is -0.316 e. The molecule has 1 N–H and O–H groups in total. The number of anilines is 1. The van der Waals surface area contributed by atoms with Gasteiger partial charge in [0, 0.05) is 40.0 Å². The molecule has 0 spiro atoms. The number of nitrogens with one attached hydrogen (secondary N) is 1. The van der Waals surface area contributed by atoms with Crippen LogP contribution in [0.4, 0.5) is 5.00 Å². The molecule has 0 saturated heterocycles. The quantitative estimate of drug-likeness (QED) is 0.317. The lowest BCUT2D eigenvalue weighted by Gasteiger charge is -2.36. The first-order valence-corrected chi connectivity index (χ1v) is 14.5. The van der Waals surface area contributed by atoms with E-state index in [0.717, 1.165) is 74.2 Å². The summed E-state index contributed by atoms with van der Waals surface area (Å²) in [5.41, 5.74) is 2.88. The van der Waals surface area contributed by atoms with Crippen LogP contribution < -0.4 is 5.32 Å². The van der Waals surface area contributed by atoms with Crippen LogP contribution in [0.2, 0.25) is 10.0 Å². The summed E-state index contributed by atoms with van der Waals surface area (Å²) in [6, 6.07) is 8.50. The molecule has 2 aromatic rings. The molecule has 0 bridgehead atoms. The van der Waals surface area contributed by atoms with Crippen LogP contribution in [0.15, 0.2) is 18.2 Å². The molecule has 1 aromatic carbocycles. The van der Waals surface area contributed by atoms with E-state index >= 15 is 0 Å². The Bertz CT molecular complexity index is 1050. The van der Waals surface area contributed by atoms with Crippen molar-refractivity contribution in [3.8, 4) is 6.07 Å². The minimum absolute atomic E-state index is 0.0203. The van der Waals surface area contributed by atoms with Crippen LogP contribution in [0.25, 0.3) is 0 Å². The lowest BCUT2D eigenvalue weighted by atomic mass is 9.89. The molecule has 1 amide bonds. The molecule has 1 aliphatic carbocycles. The van der Waals surface area contributed by atoms with E-state index in [1.165, 1.54) is 4.88 Å². The van der Waals surface area contributed by atoms with Gasteiger partial charge < -0.3 is 5.32 Å². The van der Waals surface area contributed by atoms with Crippen LogP contribution in [0, 0.1) is 23.2 Å². The van der Waals surface area contributed by atoms with Crippen molar-refractivity contribution in [3.05, 3.63) is 49.8 Å². The number of thiophene rings is 1. The number of nitriles is 1. The number of hydrogen-bond acceptors (Lipinski definition) is 4. The molecule has 1 aromatic heterocycles. The molecule has 0 aliphatic heterocycles. The largest absolute Gasteiger partial charge is 0.316 e. The summed E-state index contributed by atoms with van der Waals surface area (Å²) in [7, 11) is 0. The first kappa shape index (κ1) is 28.0. The van der Waals surface area contributed by atoms with Crippen molar-refractivity contribution >= 4 is 45.4 Å². The fraction of sp³-hybridized carbons (Fsp3) is 0.571. The molecule has 7 heteroatoms. The molecular formula is C28H37Cl2N3OS. The highest BCUT2D eigenvalue weighted by molar-refractivity contribution is 7.16. The highest BCUT2D eigenvalue weighted by Crippen LogP contribution is 2.40. The topological polar surface area (TPSA) is 56.1 Å². The van der Waals surface area contributed by atoms with Gasteiger partial charge in [-0.1, -0.05) is 69.8 Å². The number of carbonyl (C=O) groups is 1. The number of halogens is 2. The third-order valence-corrected chi connectivity index (χ3v) is 9.25. The van der Waals surface area contributed by atoms with Gasteiger partial charge >= 0.3 is 0 Å². The number of rotatable bonds is 11. The van der Waals surface area contributed by atoms with E-state index in [4.69, 9.17) is 23.2 Å². The Morgan fingerprint density at radius 3 is 2.51 bits per heavy atom. The Kier molecular flexibility index (Phi) is 10.5. The zero-order valence-corrected chi connectivity index (χ0v) is 23.6. The predicted molar refractivity (Wildman–Crippen MR) is 148 cm³/mol. The Morgan fingerprint density at radius 1 is 1.20 bits per heavy atom. The molecule has 1 atom stereocenters. The van der Waals surface area contributed by atoms with Crippen LogP contribution in [0.3, 0.4) is 0 Å². The minimum atomic E-state index is -0.0203. The molecule has 0 saturated carbocycles. The first-order chi connectivity index (χ1) is 16.8. The van der Waals surface area contributed by atoms with E-state index < -0.39 is 0 Å². The van der Waals surface area contributed by atoms with Gasteiger partial charge in [0.05, 0.1) is 5.56 Å². The van der Waals surface area contributed by atoms with Crippen molar-refractivity contribution in [2.45, 2.75) is 85.2 Å². The monoisotopic (exact) mass is 533 g/mol. The van der Waals surface area contributed by atoms with Crippen LogP contribution in [0.1, 0.15) is 81.4 Å². The molecule has 1 aliphatic rings. The molecule has 3 rings (SSSR count). The summed E-state index contributed by atoms with van der Waals surface area (Å²) >= 11 is 14.3. The van der Waals surface area contributed by atoms with E-state index in [1.807, 2.05) is 32.0 Å². The van der Waals surface area contributed by atoms with Crippen molar-refractivity contribution in [3.63, 3.8) is 0 Å². The van der Waals surface area contributed by atoms with Gasteiger partial charge in [0.2, 0.25) is 5.91 Å². The molecule has 4 nitrogen and oxygen atoms in total. The maximum atomic E-state index is 12.7. The van der Waals surface area contributed by atoms with Crippen molar-refractivity contribution in [2.75, 3.05) is 11.9 Å². The van der Waals surface area contributed by atoms with Crippen LogP contribution in [-0.4, -0.2) is 23.4 Å². The maximum Gasteiger partial charge on any atom is 0.228 e. The highest BCUT2D eigenvalue weighted by Gasteiger charge is 2.31. The first-order valence-electron chi connectivity index (χ1n) is 12.9. The lowest BCUT2D eigenvalue weighted by Crippen LogP contribution is -2.41. The fourth-order valence-corrected chi connectivity index (χ4v) is 6.79. The molecule has 1 unspecified atom stereocenters. The van der Waals surface area contributed by atoms with Gasteiger partial charge in [0.1, 0.15) is 11.1 Å². The van der Waals surface area contributed by atoms with Crippen molar-refractivity contribution in [1.29, 1.82) is 5.26 Å². The number of amides is 1. The Hall–Kier alpha value is -1.58. The molecule has 35 heavy (non-hydrogen) atoms. The van der Waals surface area contributed by atoms with Gasteiger partial charge in [-0.3, -0.25) is 9.69 Å². The van der Waals surface area contributed by atoms with E-state index in [9.17, 15) is 10.1 Å². The Labute approximate surface area is 224 Å². The van der Waals surface area contributed by atoms with Crippen molar-refractivity contribution < 1.29 is 4.79 Å². The van der Waals surface area contributed by atoms with Gasteiger partial charge in [-0.25, -0.2) is 0 Å². The van der Waals surface area contributed by atoms with Gasteiger partial charge in [0.25, 0.3) is 0 Å². The Balaban J connectivity index is 1.85. The van der Waals surface area contributed by atoms with E-state index in [-0.39, 0.29) is 11.8 Å². The second kappa shape index (κ2) is 13.1. The molecule has 0 fully saturated rings. The summed E-state index contributed by atoms with van der Waals surface area (Å²) < 4.78 is 0. The zero-order valence-electron chi connectivity index (χ0n) is 21.3. The summed E-state index contributed by atoms with van der Waals surface area (Å²) in [6.07, 6.45) is 6.62. The standard InChI is InChI=1S/C28H37Cl2N3OS/c1-5-18(6-2)16-33(17-20-9-10-21(29)13-25(20)30)22-11-12-23-24(15-31)28(35-26(23)14-22)32-27(34)19(7-3)8-4/h9-10,13,18-19,22H,5-8,11-12,14,16-17H2,1-4H3,(H,32,34). The number of nitrogens with zero attached hydrogens (tertiary/aromatic N) is 2. The van der Waals surface area contributed by atoms with Crippen LogP contribution in [0.5, 0.6) is 0 Å². The lowest BCUT2D eigenvalue weighted by molar-refractivity contribution is -0.120. The third-order valence-electron chi connectivity index (χ3n) is 7.50. The number of fused-ring (bicyclic) bond motifs is 1. The van der Waals surface area contributed by atoms with E-state index in [2.05, 4.69) is 30.1 Å². The highest BCUT2D eigenvalue weighted by atomic mass is 35.5. The third kappa shape index (κ3) is 6.80. The van der Waals surface area contributed by atoms with Crippen LogP contribution >= 0.6 is 34.5 Å². The van der Waals surface area contributed by atoms with E-state index in [0.29, 0.717) is 27.6 Å². The zero-order chi connectivity index (χ0) is 25.5. The molecule has 1 heterocycles. The average Bonchev–Trinajstić information content (AvgIpc) is 3.19. The maximum absolute atomic E-state index is 12.7. The van der Waals surface area contributed by atoms with Gasteiger partial charge in [0.15, 0.2) is 0 Å². The average molecular weight is 535 g/mol. The number of benzene rings is 1. The van der Waals surface area contributed by atoms with Crippen molar-refractivity contribution in [2.24, 2.45) is 11.8 Å². The second-order valence-electron chi connectivity index (χ2n) is 9.57. The summed E-state index contributed by atoms with van der Waals surface area (Å²) in [6.45, 7) is 10.4. The summed E-state index contributed by atoms with van der Waals surface area (Å²) in [4.78, 5) is 16.5. The second-order valence-corrected chi connectivity index (χ2v) is 11.5. The van der Waals surface area contributed by atoms with Crippen molar-refractivity contribution in [1.82, 2.24) is 4.90 Å². The van der Waals surface area contributed by atoms with Crippen LogP contribution in [-0.2, 0) is 24.2 Å². The fourth-order valence-electron chi connectivity index (χ4n) is 5.05. The predicted octanol–water partition coefficient (Wildman–Crippen LogP) is 8.10. The summed E-state index contributed by atoms with van der Waals surface area (Å²) in [5, 5.41) is 15.1. The van der Waals surface area contributed by atoms with E-state index in [1.54, 1.807) is 11.3 Å². The molecule has 190 valence electrons. The summed E-state index contributed by atoms with van der Waals surface area (Å²) in [5.74, 6) is 0.623. The smallest absolute Gasteiger partial charge is 0.228 e.